The van der Waals surface area contributed by atoms with Crippen molar-refractivity contribution in [2.75, 3.05) is 0 Å². The van der Waals surface area contributed by atoms with Gasteiger partial charge in [-0.05, 0) is 111 Å². The Labute approximate surface area is 291 Å². The predicted molar refractivity (Wildman–Crippen MR) is 216 cm³/mol. The molecule has 0 atom stereocenters. The Kier molecular flexibility index (Phi) is 6.60. The van der Waals surface area contributed by atoms with Gasteiger partial charge >= 0.3 is 0 Å². The zero-order valence-electron chi connectivity index (χ0n) is 27.5. The Balaban J connectivity index is 1.14. The molecular formula is C50H32. The third-order valence-electron chi connectivity index (χ3n) is 10.4. The topological polar surface area (TPSA) is 0 Å². The molecule has 0 heteroatoms. The molecule has 0 fully saturated rings. The molecule has 0 nitrogen and oxygen atoms in total. The van der Waals surface area contributed by atoms with Crippen molar-refractivity contribution in [1.29, 1.82) is 0 Å². The van der Waals surface area contributed by atoms with Crippen LogP contribution in [0.5, 0.6) is 0 Å². The molecule has 0 N–H and O–H groups in total. The summed E-state index contributed by atoms with van der Waals surface area (Å²) in [5.74, 6) is 0. The molecule has 0 saturated carbocycles. The van der Waals surface area contributed by atoms with Crippen LogP contribution in [0.25, 0.3) is 98.4 Å². The maximum Gasteiger partial charge on any atom is -0.00262 e. The predicted octanol–water partition coefficient (Wildman–Crippen LogP) is 14.1. The summed E-state index contributed by atoms with van der Waals surface area (Å²) in [5, 5.41) is 12.7. The summed E-state index contributed by atoms with van der Waals surface area (Å²) in [7, 11) is 0. The van der Waals surface area contributed by atoms with Crippen molar-refractivity contribution in [3.63, 3.8) is 0 Å². The van der Waals surface area contributed by atoms with Crippen molar-refractivity contribution in [1.82, 2.24) is 0 Å². The van der Waals surface area contributed by atoms with Gasteiger partial charge in [0.25, 0.3) is 0 Å². The molecule has 10 aromatic rings. The van der Waals surface area contributed by atoms with Gasteiger partial charge in [0, 0.05) is 0 Å². The summed E-state index contributed by atoms with van der Waals surface area (Å²) in [6, 6.07) is 71.3. The van der Waals surface area contributed by atoms with Crippen LogP contribution in [-0.4, -0.2) is 0 Å². The van der Waals surface area contributed by atoms with Gasteiger partial charge in [0.05, 0.1) is 0 Å². The van der Waals surface area contributed by atoms with E-state index in [-0.39, 0.29) is 0 Å². The lowest BCUT2D eigenvalue weighted by Gasteiger charge is -2.18. The van der Waals surface area contributed by atoms with Crippen LogP contribution < -0.4 is 0 Å². The van der Waals surface area contributed by atoms with Crippen molar-refractivity contribution < 1.29 is 0 Å². The van der Waals surface area contributed by atoms with Gasteiger partial charge in [-0.1, -0.05) is 182 Å². The number of hydrogen-bond acceptors (Lipinski definition) is 0. The Morgan fingerprint density at radius 1 is 0.200 bits per heavy atom. The van der Waals surface area contributed by atoms with Gasteiger partial charge in [-0.3, -0.25) is 0 Å². The standard InChI is InChI=1S/C50H32/c1-2-13-37-31-38(28-25-33(37)11-1)34-23-26-36(27-24-34)49-45-17-5-7-19-47(45)50(48-20-8-6-18-46(48)49)40-15-9-14-39(32-40)42-21-10-22-43-41-16-4-3-12-35(41)29-30-44(42)43/h1-32H. The van der Waals surface area contributed by atoms with Crippen molar-refractivity contribution in [2.45, 2.75) is 0 Å². The molecular weight excluding hydrogens is 601 g/mol. The maximum absolute atomic E-state index is 2.39. The summed E-state index contributed by atoms with van der Waals surface area (Å²) < 4.78 is 0. The lowest BCUT2D eigenvalue weighted by molar-refractivity contribution is 1.62. The van der Waals surface area contributed by atoms with Gasteiger partial charge in [0.1, 0.15) is 0 Å². The molecule has 0 aliphatic rings. The van der Waals surface area contributed by atoms with E-state index in [1.165, 1.54) is 98.4 Å². The summed E-state index contributed by atoms with van der Waals surface area (Å²) in [6.45, 7) is 0. The van der Waals surface area contributed by atoms with Gasteiger partial charge in [-0.2, -0.15) is 0 Å². The fraction of sp³-hybridized carbons (Fsp3) is 0. The number of rotatable bonds is 4. The Morgan fingerprint density at radius 2 is 0.700 bits per heavy atom. The highest BCUT2D eigenvalue weighted by atomic mass is 14.2. The molecule has 0 aliphatic carbocycles. The van der Waals surface area contributed by atoms with E-state index >= 15 is 0 Å². The molecule has 0 bridgehead atoms. The van der Waals surface area contributed by atoms with Crippen LogP contribution in [-0.2, 0) is 0 Å². The Bertz CT molecular complexity index is 2850. The van der Waals surface area contributed by atoms with Crippen LogP contribution in [0.2, 0.25) is 0 Å². The molecule has 0 aromatic heterocycles. The van der Waals surface area contributed by atoms with Gasteiger partial charge in [0.2, 0.25) is 0 Å². The molecule has 0 unspecified atom stereocenters. The first kappa shape index (κ1) is 28.5. The first-order chi connectivity index (χ1) is 24.8. The van der Waals surface area contributed by atoms with Crippen molar-refractivity contribution in [2.24, 2.45) is 0 Å². The molecule has 0 saturated heterocycles. The monoisotopic (exact) mass is 632 g/mol. The van der Waals surface area contributed by atoms with Crippen LogP contribution in [0.3, 0.4) is 0 Å². The molecule has 10 aromatic carbocycles. The minimum absolute atomic E-state index is 1.22. The normalized spacial score (nSPS) is 11.6. The van der Waals surface area contributed by atoms with Crippen LogP contribution in [0.4, 0.5) is 0 Å². The summed E-state index contributed by atoms with van der Waals surface area (Å²) in [5.41, 5.74) is 9.96. The van der Waals surface area contributed by atoms with Crippen molar-refractivity contribution >= 4 is 53.9 Å². The van der Waals surface area contributed by atoms with E-state index in [1.54, 1.807) is 0 Å². The second-order valence-corrected chi connectivity index (χ2v) is 13.2. The van der Waals surface area contributed by atoms with Crippen LogP contribution in [0.1, 0.15) is 0 Å². The van der Waals surface area contributed by atoms with E-state index in [9.17, 15) is 0 Å². The first-order valence-electron chi connectivity index (χ1n) is 17.3. The van der Waals surface area contributed by atoms with Gasteiger partial charge in [-0.15, -0.1) is 0 Å². The van der Waals surface area contributed by atoms with Crippen LogP contribution in [0.15, 0.2) is 194 Å². The zero-order valence-corrected chi connectivity index (χ0v) is 27.5. The van der Waals surface area contributed by atoms with E-state index in [4.69, 9.17) is 0 Å². The first-order valence-corrected chi connectivity index (χ1v) is 17.3. The lowest BCUT2D eigenvalue weighted by Crippen LogP contribution is -1.91. The molecule has 10 rings (SSSR count). The average molecular weight is 633 g/mol. The number of fused-ring (bicyclic) bond motifs is 6. The average Bonchev–Trinajstić information content (AvgIpc) is 3.19. The molecule has 0 radical (unpaired) electrons. The fourth-order valence-corrected chi connectivity index (χ4v) is 8.08. The fourth-order valence-electron chi connectivity index (χ4n) is 8.08. The van der Waals surface area contributed by atoms with Gasteiger partial charge < -0.3 is 0 Å². The summed E-state index contributed by atoms with van der Waals surface area (Å²) >= 11 is 0. The zero-order chi connectivity index (χ0) is 33.0. The third kappa shape index (κ3) is 4.61. The summed E-state index contributed by atoms with van der Waals surface area (Å²) in [4.78, 5) is 0. The highest BCUT2D eigenvalue weighted by Gasteiger charge is 2.17. The molecule has 0 aliphatic heterocycles. The van der Waals surface area contributed by atoms with Crippen LogP contribution >= 0.6 is 0 Å². The molecule has 50 heavy (non-hydrogen) atoms. The molecule has 232 valence electrons. The molecule has 0 heterocycles. The largest absolute Gasteiger partial charge is 0.0616 e. The SMILES string of the molecule is c1cc(-c2c3ccccc3c(-c3ccc(-c4ccc5ccccc5c4)cc3)c3ccccc23)cc(-c2cccc3c2ccc2ccccc23)c1. The Morgan fingerprint density at radius 3 is 1.42 bits per heavy atom. The van der Waals surface area contributed by atoms with E-state index < -0.39 is 0 Å². The molecule has 0 spiro atoms. The minimum atomic E-state index is 1.22. The highest BCUT2D eigenvalue weighted by molar-refractivity contribution is 6.21. The summed E-state index contributed by atoms with van der Waals surface area (Å²) in [6.07, 6.45) is 0. The number of benzene rings is 10. The maximum atomic E-state index is 2.39. The minimum Gasteiger partial charge on any atom is -0.0616 e. The van der Waals surface area contributed by atoms with E-state index in [0.29, 0.717) is 0 Å². The second kappa shape index (κ2) is 11.6. The highest BCUT2D eigenvalue weighted by Crippen LogP contribution is 2.45. The van der Waals surface area contributed by atoms with Gasteiger partial charge in [0.15, 0.2) is 0 Å². The number of hydrogen-bond donors (Lipinski definition) is 0. The van der Waals surface area contributed by atoms with Crippen molar-refractivity contribution in [3.05, 3.63) is 194 Å². The van der Waals surface area contributed by atoms with E-state index in [1.807, 2.05) is 0 Å². The van der Waals surface area contributed by atoms with E-state index in [2.05, 4.69) is 194 Å². The Hall–Kier alpha value is -6.50. The smallest absolute Gasteiger partial charge is 0.00262 e. The van der Waals surface area contributed by atoms with Crippen LogP contribution in [0, 0.1) is 0 Å². The molecule has 0 amide bonds. The third-order valence-corrected chi connectivity index (χ3v) is 10.4. The quantitative estimate of drug-likeness (QED) is 0.134. The van der Waals surface area contributed by atoms with Crippen molar-refractivity contribution in [3.8, 4) is 44.5 Å². The van der Waals surface area contributed by atoms with E-state index in [0.717, 1.165) is 0 Å². The second-order valence-electron chi connectivity index (χ2n) is 13.2. The van der Waals surface area contributed by atoms with Gasteiger partial charge in [-0.25, -0.2) is 0 Å². The lowest BCUT2D eigenvalue weighted by atomic mass is 9.85.